The Morgan fingerprint density at radius 2 is 1.81 bits per heavy atom. The Balaban J connectivity index is 0.00000225. The van der Waals surface area contributed by atoms with Gasteiger partial charge in [-0.05, 0) is 12.1 Å². The molecule has 1 aromatic rings. The second kappa shape index (κ2) is 5.47. The number of halogens is 5. The number of hydrogen-bond donors (Lipinski definition) is 2. The fraction of sp³-hybridized carbons (Fsp3) is 0.333. The molecule has 0 aliphatic heterocycles. The average molecular weight is 259 g/mol. The number of rotatable bonds is 2. The quantitative estimate of drug-likeness (QED) is 0.799. The van der Waals surface area contributed by atoms with Gasteiger partial charge in [-0.15, -0.1) is 12.4 Å². The highest BCUT2D eigenvalue weighted by Crippen LogP contribution is 2.34. The lowest BCUT2D eigenvalue weighted by atomic mass is 10.00. The highest BCUT2D eigenvalue weighted by Gasteiger charge is 2.35. The summed E-state index contributed by atoms with van der Waals surface area (Å²) < 4.78 is 50.6. The molecule has 0 unspecified atom stereocenters. The van der Waals surface area contributed by atoms with Crippen molar-refractivity contribution >= 4 is 12.4 Å². The first-order chi connectivity index (χ1) is 6.88. The molecule has 0 aliphatic carbocycles. The summed E-state index contributed by atoms with van der Waals surface area (Å²) in [4.78, 5) is 0. The monoisotopic (exact) mass is 258 g/mol. The number of alkyl halides is 3. The fourth-order valence-corrected chi connectivity index (χ4v) is 1.28. The Morgan fingerprint density at radius 3 is 2.25 bits per heavy atom. The van der Waals surface area contributed by atoms with E-state index >= 15 is 0 Å². The van der Waals surface area contributed by atoms with Gasteiger partial charge in [0.2, 0.25) is 0 Å². The van der Waals surface area contributed by atoms with E-state index in [-0.39, 0.29) is 19.0 Å². The second-order valence-corrected chi connectivity index (χ2v) is 3.04. The molecule has 0 fully saturated rings. The third kappa shape index (κ3) is 3.07. The maximum absolute atomic E-state index is 13.2. The van der Waals surface area contributed by atoms with Gasteiger partial charge in [0.25, 0.3) is 0 Å². The van der Waals surface area contributed by atoms with E-state index in [1.165, 1.54) is 0 Å². The third-order valence-corrected chi connectivity index (χ3v) is 1.98. The zero-order valence-corrected chi connectivity index (χ0v) is 8.91. The normalized spacial score (nSPS) is 13.1. The van der Waals surface area contributed by atoms with Gasteiger partial charge < -0.3 is 11.5 Å². The molecule has 7 heteroatoms. The minimum atomic E-state index is -4.62. The molecule has 1 rings (SSSR count). The molecule has 4 N–H and O–H groups in total. The van der Waals surface area contributed by atoms with E-state index in [2.05, 4.69) is 0 Å². The molecular formula is C9H11ClF4N2. The lowest BCUT2D eigenvalue weighted by Crippen LogP contribution is -2.25. The van der Waals surface area contributed by atoms with E-state index in [4.69, 9.17) is 11.5 Å². The van der Waals surface area contributed by atoms with Crippen LogP contribution in [-0.2, 0) is 6.18 Å². The molecule has 0 aromatic heterocycles. The Hall–Kier alpha value is -0.850. The first-order valence-corrected chi connectivity index (χ1v) is 4.19. The summed E-state index contributed by atoms with van der Waals surface area (Å²) >= 11 is 0. The predicted molar refractivity (Wildman–Crippen MR) is 54.6 cm³/mol. The van der Waals surface area contributed by atoms with E-state index in [1.807, 2.05) is 0 Å². The number of hydrogen-bond acceptors (Lipinski definition) is 2. The SMILES string of the molecule is Cl.NC[C@H](N)c1c(F)cccc1C(F)(F)F. The van der Waals surface area contributed by atoms with Gasteiger partial charge in [-0.25, -0.2) is 4.39 Å². The van der Waals surface area contributed by atoms with Crippen molar-refractivity contribution in [2.45, 2.75) is 12.2 Å². The van der Waals surface area contributed by atoms with Crippen LogP contribution in [0.3, 0.4) is 0 Å². The van der Waals surface area contributed by atoms with Crippen molar-refractivity contribution in [3.63, 3.8) is 0 Å². The summed E-state index contributed by atoms with van der Waals surface area (Å²) in [6, 6.07) is 1.56. The van der Waals surface area contributed by atoms with Gasteiger partial charge in [0.05, 0.1) is 5.56 Å². The van der Waals surface area contributed by atoms with Crippen molar-refractivity contribution < 1.29 is 17.6 Å². The molecule has 2 nitrogen and oxygen atoms in total. The Labute approximate surface area is 96.0 Å². The first kappa shape index (κ1) is 15.2. The summed E-state index contributed by atoms with van der Waals surface area (Å²) in [5.74, 6) is -0.984. The summed E-state index contributed by atoms with van der Waals surface area (Å²) in [5.41, 5.74) is 8.81. The molecule has 0 saturated heterocycles. The van der Waals surface area contributed by atoms with Crippen LogP contribution in [0, 0.1) is 5.82 Å². The molecular weight excluding hydrogens is 248 g/mol. The van der Waals surface area contributed by atoms with Crippen LogP contribution >= 0.6 is 12.4 Å². The van der Waals surface area contributed by atoms with Gasteiger partial charge in [-0.2, -0.15) is 13.2 Å². The molecule has 1 aromatic carbocycles. The lowest BCUT2D eigenvalue weighted by molar-refractivity contribution is -0.138. The van der Waals surface area contributed by atoms with E-state index < -0.39 is 29.2 Å². The zero-order valence-electron chi connectivity index (χ0n) is 8.09. The van der Waals surface area contributed by atoms with Crippen LogP contribution in [0.5, 0.6) is 0 Å². The standard InChI is InChI=1S/C9H10F4N2.ClH/c10-6-3-1-2-5(9(11,12)13)8(6)7(15)4-14;/h1-3,7H,4,14-15H2;1H/t7-;/m0./s1. The topological polar surface area (TPSA) is 52.0 Å². The Bertz CT molecular complexity index is 354. The molecule has 1 atom stereocenters. The molecule has 0 bridgehead atoms. The van der Waals surface area contributed by atoms with Crippen molar-refractivity contribution in [2.75, 3.05) is 6.54 Å². The highest BCUT2D eigenvalue weighted by molar-refractivity contribution is 5.85. The van der Waals surface area contributed by atoms with E-state index in [0.717, 1.165) is 18.2 Å². The second-order valence-electron chi connectivity index (χ2n) is 3.04. The molecule has 0 amide bonds. The van der Waals surface area contributed by atoms with Gasteiger partial charge in [0, 0.05) is 18.2 Å². The van der Waals surface area contributed by atoms with Crippen molar-refractivity contribution in [2.24, 2.45) is 11.5 Å². The molecule has 16 heavy (non-hydrogen) atoms. The number of nitrogens with two attached hydrogens (primary N) is 2. The van der Waals surface area contributed by atoms with Crippen LogP contribution in [0.15, 0.2) is 18.2 Å². The molecule has 0 radical (unpaired) electrons. The highest BCUT2D eigenvalue weighted by atomic mass is 35.5. The summed E-state index contributed by atoms with van der Waals surface area (Å²) in [6.07, 6.45) is -4.62. The van der Waals surface area contributed by atoms with Gasteiger partial charge in [-0.1, -0.05) is 6.07 Å². The summed E-state index contributed by atoms with van der Waals surface area (Å²) in [7, 11) is 0. The maximum atomic E-state index is 13.2. The third-order valence-electron chi connectivity index (χ3n) is 1.98. The fourth-order valence-electron chi connectivity index (χ4n) is 1.28. The van der Waals surface area contributed by atoms with Crippen molar-refractivity contribution in [3.05, 3.63) is 35.1 Å². The van der Waals surface area contributed by atoms with Crippen LogP contribution in [0.2, 0.25) is 0 Å². The summed E-state index contributed by atoms with van der Waals surface area (Å²) in [6.45, 7) is -0.246. The van der Waals surface area contributed by atoms with Gasteiger partial charge in [0.15, 0.2) is 0 Å². The largest absolute Gasteiger partial charge is 0.416 e. The van der Waals surface area contributed by atoms with Crippen LogP contribution in [0.25, 0.3) is 0 Å². The Kier molecular flexibility index (Phi) is 5.18. The van der Waals surface area contributed by atoms with E-state index in [1.54, 1.807) is 0 Å². The van der Waals surface area contributed by atoms with Gasteiger partial charge >= 0.3 is 6.18 Å². The van der Waals surface area contributed by atoms with Crippen molar-refractivity contribution in [3.8, 4) is 0 Å². The smallest absolute Gasteiger partial charge is 0.329 e. The molecule has 0 spiro atoms. The number of benzene rings is 1. The minimum Gasteiger partial charge on any atom is -0.329 e. The average Bonchev–Trinajstić information content (AvgIpc) is 2.15. The van der Waals surface area contributed by atoms with E-state index in [0.29, 0.717) is 0 Å². The first-order valence-electron chi connectivity index (χ1n) is 4.19. The predicted octanol–water partition coefficient (Wildman–Crippen LogP) is 2.22. The lowest BCUT2D eigenvalue weighted by Gasteiger charge is -2.17. The van der Waals surface area contributed by atoms with Crippen LogP contribution < -0.4 is 11.5 Å². The van der Waals surface area contributed by atoms with E-state index in [9.17, 15) is 17.6 Å². The molecule has 0 heterocycles. The van der Waals surface area contributed by atoms with Gasteiger partial charge in [0.1, 0.15) is 5.82 Å². The van der Waals surface area contributed by atoms with Gasteiger partial charge in [-0.3, -0.25) is 0 Å². The molecule has 0 aliphatic rings. The van der Waals surface area contributed by atoms with Crippen molar-refractivity contribution in [1.29, 1.82) is 0 Å². The molecule has 0 saturated carbocycles. The zero-order chi connectivity index (χ0) is 11.6. The Morgan fingerprint density at radius 1 is 1.25 bits per heavy atom. The maximum Gasteiger partial charge on any atom is 0.416 e. The molecule has 92 valence electrons. The van der Waals surface area contributed by atoms with Crippen LogP contribution in [-0.4, -0.2) is 6.54 Å². The van der Waals surface area contributed by atoms with Crippen molar-refractivity contribution in [1.82, 2.24) is 0 Å². The summed E-state index contributed by atoms with van der Waals surface area (Å²) in [5, 5.41) is 0. The van der Waals surface area contributed by atoms with Crippen LogP contribution in [0.4, 0.5) is 17.6 Å². The van der Waals surface area contributed by atoms with Crippen LogP contribution in [0.1, 0.15) is 17.2 Å². The minimum absolute atomic E-state index is 0.